The highest BCUT2D eigenvalue weighted by Gasteiger charge is 2.02. The van der Waals surface area contributed by atoms with Gasteiger partial charge in [-0.3, -0.25) is 0 Å². The van der Waals surface area contributed by atoms with Crippen molar-refractivity contribution >= 4 is 5.82 Å². The number of benzene rings is 1. The molecule has 0 amide bonds. The normalized spacial score (nSPS) is 9.63. The van der Waals surface area contributed by atoms with Crippen LogP contribution >= 0.6 is 0 Å². The first-order chi connectivity index (χ1) is 9.33. The first-order valence-electron chi connectivity index (χ1n) is 6.86. The predicted molar refractivity (Wildman–Crippen MR) is 81.7 cm³/mol. The van der Waals surface area contributed by atoms with Gasteiger partial charge in [-0.05, 0) is 31.5 Å². The zero-order valence-corrected chi connectivity index (χ0v) is 11.8. The van der Waals surface area contributed by atoms with Gasteiger partial charge in [0.15, 0.2) is 0 Å². The monoisotopic (exact) mass is 260 g/mol. The summed E-state index contributed by atoms with van der Waals surface area (Å²) in [6.07, 6.45) is 4.02. The Kier molecular flexibility index (Phi) is 7.35. The minimum absolute atomic E-state index is 0.819. The molecule has 0 atom stereocenters. The summed E-state index contributed by atoms with van der Waals surface area (Å²) in [7, 11) is 0. The largest absolute Gasteiger partial charge is 0.370 e. The molecule has 2 aromatic rings. The topological polar surface area (TPSA) is 55.9 Å². The van der Waals surface area contributed by atoms with Gasteiger partial charge in [0, 0.05) is 12.6 Å². The highest BCUT2D eigenvalue weighted by Crippen LogP contribution is 2.13. The van der Waals surface area contributed by atoms with Crippen molar-refractivity contribution in [1.82, 2.24) is 9.78 Å². The van der Waals surface area contributed by atoms with Crippen LogP contribution in [0.4, 0.5) is 5.82 Å². The number of nitrogens with two attached hydrogens (primary N) is 1. The van der Waals surface area contributed by atoms with Crippen LogP contribution in [0.1, 0.15) is 26.7 Å². The van der Waals surface area contributed by atoms with Crippen molar-refractivity contribution in [3.8, 4) is 5.69 Å². The number of nitrogens with one attached hydrogen (secondary N) is 1. The third-order valence-corrected chi connectivity index (χ3v) is 2.49. The van der Waals surface area contributed by atoms with E-state index in [1.807, 2.05) is 47.3 Å². The van der Waals surface area contributed by atoms with E-state index in [1.165, 1.54) is 0 Å². The van der Waals surface area contributed by atoms with Crippen molar-refractivity contribution in [2.24, 2.45) is 5.73 Å². The zero-order chi connectivity index (χ0) is 13.9. The van der Waals surface area contributed by atoms with E-state index in [4.69, 9.17) is 5.73 Å². The number of nitrogens with zero attached hydrogens (tertiary/aromatic N) is 2. The van der Waals surface area contributed by atoms with Crippen molar-refractivity contribution in [2.75, 3.05) is 18.4 Å². The third kappa shape index (κ3) is 5.14. The lowest BCUT2D eigenvalue weighted by molar-refractivity contribution is 0.865. The van der Waals surface area contributed by atoms with E-state index in [9.17, 15) is 0 Å². The SMILES string of the molecule is CCCN.CCCNc1ccnn1-c1ccccc1. The number of anilines is 1. The number of hydrogen-bond donors (Lipinski definition) is 2. The molecule has 0 saturated carbocycles. The summed E-state index contributed by atoms with van der Waals surface area (Å²) in [5.41, 5.74) is 6.11. The maximum atomic E-state index is 5.03. The molecule has 0 spiro atoms. The average Bonchev–Trinajstić information content (AvgIpc) is 2.94. The molecule has 1 aromatic heterocycles. The fourth-order valence-electron chi connectivity index (χ4n) is 1.47. The van der Waals surface area contributed by atoms with Gasteiger partial charge < -0.3 is 11.1 Å². The quantitative estimate of drug-likeness (QED) is 0.868. The molecule has 1 aromatic carbocycles. The lowest BCUT2D eigenvalue weighted by Gasteiger charge is -2.08. The molecule has 0 saturated heterocycles. The Balaban J connectivity index is 0.000000399. The molecular formula is C15H24N4. The van der Waals surface area contributed by atoms with E-state index >= 15 is 0 Å². The highest BCUT2D eigenvalue weighted by atomic mass is 15.3. The van der Waals surface area contributed by atoms with Crippen LogP contribution < -0.4 is 11.1 Å². The minimum atomic E-state index is 0.819. The molecule has 104 valence electrons. The van der Waals surface area contributed by atoms with E-state index in [-0.39, 0.29) is 0 Å². The predicted octanol–water partition coefficient (Wildman–Crippen LogP) is 3.05. The zero-order valence-electron chi connectivity index (χ0n) is 11.8. The molecule has 0 bridgehead atoms. The van der Waals surface area contributed by atoms with Gasteiger partial charge >= 0.3 is 0 Å². The van der Waals surface area contributed by atoms with Crippen LogP contribution in [0.5, 0.6) is 0 Å². The molecule has 0 aliphatic heterocycles. The van der Waals surface area contributed by atoms with Crippen LogP contribution in [0.2, 0.25) is 0 Å². The summed E-state index contributed by atoms with van der Waals surface area (Å²) in [4.78, 5) is 0. The summed E-state index contributed by atoms with van der Waals surface area (Å²) in [5, 5.41) is 7.64. The van der Waals surface area contributed by atoms with Crippen molar-refractivity contribution in [3.05, 3.63) is 42.6 Å². The number of rotatable bonds is 5. The Labute approximate surface area is 115 Å². The lowest BCUT2D eigenvalue weighted by Crippen LogP contribution is -2.06. The second kappa shape index (κ2) is 9.16. The van der Waals surface area contributed by atoms with Crippen molar-refractivity contribution in [3.63, 3.8) is 0 Å². The third-order valence-electron chi connectivity index (χ3n) is 2.49. The van der Waals surface area contributed by atoms with Crippen molar-refractivity contribution in [1.29, 1.82) is 0 Å². The van der Waals surface area contributed by atoms with Gasteiger partial charge in [0.05, 0.1) is 11.9 Å². The maximum absolute atomic E-state index is 5.03. The van der Waals surface area contributed by atoms with Gasteiger partial charge in [-0.1, -0.05) is 32.0 Å². The summed E-state index contributed by atoms with van der Waals surface area (Å²) in [5.74, 6) is 1.04. The van der Waals surface area contributed by atoms with Crippen LogP contribution in [-0.4, -0.2) is 22.9 Å². The molecule has 0 aliphatic carbocycles. The van der Waals surface area contributed by atoms with E-state index in [2.05, 4.69) is 24.3 Å². The molecule has 0 unspecified atom stereocenters. The van der Waals surface area contributed by atoms with E-state index in [1.54, 1.807) is 0 Å². The molecule has 1 heterocycles. The van der Waals surface area contributed by atoms with Crippen LogP contribution in [-0.2, 0) is 0 Å². The van der Waals surface area contributed by atoms with Gasteiger partial charge in [-0.25, -0.2) is 4.68 Å². The van der Waals surface area contributed by atoms with Gasteiger partial charge in [-0.15, -0.1) is 0 Å². The molecule has 0 radical (unpaired) electrons. The van der Waals surface area contributed by atoms with E-state index < -0.39 is 0 Å². The molecule has 3 N–H and O–H groups in total. The molecule has 2 rings (SSSR count). The van der Waals surface area contributed by atoms with Gasteiger partial charge in [0.25, 0.3) is 0 Å². The van der Waals surface area contributed by atoms with Crippen molar-refractivity contribution in [2.45, 2.75) is 26.7 Å². The number of aromatic nitrogens is 2. The summed E-state index contributed by atoms with van der Waals surface area (Å²) in [6, 6.07) is 12.1. The number of para-hydroxylation sites is 1. The van der Waals surface area contributed by atoms with Crippen molar-refractivity contribution < 1.29 is 0 Å². The summed E-state index contributed by atoms with van der Waals surface area (Å²) in [6.45, 7) is 5.99. The summed E-state index contributed by atoms with van der Waals surface area (Å²) >= 11 is 0. The molecule has 4 nitrogen and oxygen atoms in total. The van der Waals surface area contributed by atoms with Gasteiger partial charge in [0.2, 0.25) is 0 Å². The van der Waals surface area contributed by atoms with Crippen LogP contribution in [0.15, 0.2) is 42.6 Å². The lowest BCUT2D eigenvalue weighted by atomic mass is 10.3. The smallest absolute Gasteiger partial charge is 0.129 e. The fraction of sp³-hybridized carbons (Fsp3) is 0.400. The Morgan fingerprint density at radius 1 is 1.11 bits per heavy atom. The molecular weight excluding hydrogens is 236 g/mol. The molecule has 4 heteroatoms. The highest BCUT2D eigenvalue weighted by molar-refractivity contribution is 5.44. The number of hydrogen-bond acceptors (Lipinski definition) is 3. The second-order valence-corrected chi connectivity index (χ2v) is 4.18. The Morgan fingerprint density at radius 3 is 2.37 bits per heavy atom. The van der Waals surface area contributed by atoms with Crippen LogP contribution in [0, 0.1) is 0 Å². The van der Waals surface area contributed by atoms with Crippen LogP contribution in [0.25, 0.3) is 5.69 Å². The first kappa shape index (κ1) is 15.2. The maximum Gasteiger partial charge on any atom is 0.129 e. The fourth-order valence-corrected chi connectivity index (χ4v) is 1.47. The standard InChI is InChI=1S/C12H15N3.C3H9N/c1-2-9-13-12-8-10-14-15(12)11-6-4-3-5-7-11;1-2-3-4/h3-8,10,13H,2,9H2,1H3;2-4H2,1H3. The van der Waals surface area contributed by atoms with Gasteiger partial charge in [0.1, 0.15) is 5.82 Å². The molecule has 19 heavy (non-hydrogen) atoms. The van der Waals surface area contributed by atoms with Crippen LogP contribution in [0.3, 0.4) is 0 Å². The second-order valence-electron chi connectivity index (χ2n) is 4.18. The Morgan fingerprint density at radius 2 is 1.79 bits per heavy atom. The Bertz CT molecular complexity index is 434. The minimum Gasteiger partial charge on any atom is -0.370 e. The van der Waals surface area contributed by atoms with E-state index in [0.29, 0.717) is 0 Å². The Hall–Kier alpha value is -1.81. The molecule has 0 fully saturated rings. The molecule has 0 aliphatic rings. The van der Waals surface area contributed by atoms with Gasteiger partial charge in [-0.2, -0.15) is 5.10 Å². The average molecular weight is 260 g/mol. The summed E-state index contributed by atoms with van der Waals surface area (Å²) < 4.78 is 1.91. The van der Waals surface area contributed by atoms with E-state index in [0.717, 1.165) is 37.4 Å². The first-order valence-corrected chi connectivity index (χ1v) is 6.86.